The van der Waals surface area contributed by atoms with Gasteiger partial charge in [-0.25, -0.2) is 14.8 Å². The summed E-state index contributed by atoms with van der Waals surface area (Å²) in [5.41, 5.74) is 2.33. The second-order valence-electron chi connectivity index (χ2n) is 7.21. The highest BCUT2D eigenvalue weighted by atomic mass is 32.1. The normalized spacial score (nSPS) is 10.7. The molecular formula is C25H23N3O3S2. The first-order valence-electron chi connectivity index (χ1n) is 10.6. The second-order valence-corrected chi connectivity index (χ2v) is 9.42. The van der Waals surface area contributed by atoms with Crippen LogP contribution >= 0.6 is 22.7 Å². The van der Waals surface area contributed by atoms with E-state index in [1.807, 2.05) is 67.6 Å². The molecule has 2 heterocycles. The SMILES string of the molecule is CCOC(=O)c1nc(N(CCc2ccccc2)C(=O)c2cnc(-c3ccccc3)s2)sc1C. The van der Waals surface area contributed by atoms with Gasteiger partial charge in [0.05, 0.1) is 12.8 Å². The highest BCUT2D eigenvalue weighted by Gasteiger charge is 2.26. The molecule has 0 saturated carbocycles. The maximum Gasteiger partial charge on any atom is 0.358 e. The largest absolute Gasteiger partial charge is 0.461 e. The molecule has 2 aromatic heterocycles. The molecule has 33 heavy (non-hydrogen) atoms. The third kappa shape index (κ3) is 5.35. The predicted molar refractivity (Wildman–Crippen MR) is 132 cm³/mol. The van der Waals surface area contributed by atoms with Crippen LogP contribution in [0.25, 0.3) is 10.6 Å². The Hall–Kier alpha value is -3.36. The fraction of sp³-hybridized carbons (Fsp3) is 0.200. The van der Waals surface area contributed by atoms with E-state index in [1.165, 1.54) is 22.7 Å². The van der Waals surface area contributed by atoms with Crippen LogP contribution < -0.4 is 4.90 Å². The van der Waals surface area contributed by atoms with E-state index in [9.17, 15) is 9.59 Å². The number of aryl methyl sites for hydroxylation is 1. The van der Waals surface area contributed by atoms with Crippen LogP contribution in [-0.2, 0) is 11.2 Å². The zero-order valence-electron chi connectivity index (χ0n) is 18.4. The van der Waals surface area contributed by atoms with E-state index in [4.69, 9.17) is 4.74 Å². The van der Waals surface area contributed by atoms with Crippen LogP contribution in [0.2, 0.25) is 0 Å². The number of aromatic nitrogens is 2. The van der Waals surface area contributed by atoms with Crippen molar-refractivity contribution < 1.29 is 14.3 Å². The van der Waals surface area contributed by atoms with Gasteiger partial charge in [0.2, 0.25) is 0 Å². The molecule has 0 aliphatic rings. The summed E-state index contributed by atoms with van der Waals surface area (Å²) in [5.74, 6) is -0.660. The standard InChI is InChI=1S/C25H23N3O3S2/c1-3-31-24(30)21-17(2)32-25(27-21)28(15-14-18-10-6-4-7-11-18)23(29)20-16-26-22(33-20)19-12-8-5-9-13-19/h4-13,16H,3,14-15H2,1-2H3. The van der Waals surface area contributed by atoms with Crippen molar-refractivity contribution in [1.29, 1.82) is 0 Å². The number of hydrogen-bond donors (Lipinski definition) is 0. The number of amides is 1. The van der Waals surface area contributed by atoms with Crippen LogP contribution in [0.4, 0.5) is 5.13 Å². The van der Waals surface area contributed by atoms with Crippen LogP contribution in [0.5, 0.6) is 0 Å². The first kappa shape index (κ1) is 22.8. The zero-order chi connectivity index (χ0) is 23.2. The molecule has 4 aromatic rings. The molecule has 1 amide bonds. The summed E-state index contributed by atoms with van der Waals surface area (Å²) in [7, 11) is 0. The van der Waals surface area contributed by atoms with Crippen molar-refractivity contribution in [2.24, 2.45) is 0 Å². The van der Waals surface area contributed by atoms with Crippen molar-refractivity contribution in [3.8, 4) is 10.6 Å². The van der Waals surface area contributed by atoms with Crippen LogP contribution in [0.1, 0.15) is 37.5 Å². The van der Waals surface area contributed by atoms with Crippen LogP contribution in [0.3, 0.4) is 0 Å². The number of rotatable bonds is 8. The highest BCUT2D eigenvalue weighted by Crippen LogP contribution is 2.31. The lowest BCUT2D eigenvalue weighted by Gasteiger charge is -2.19. The molecule has 0 spiro atoms. The minimum absolute atomic E-state index is 0.185. The van der Waals surface area contributed by atoms with E-state index in [2.05, 4.69) is 9.97 Å². The number of carbonyl (C=O) groups is 2. The summed E-state index contributed by atoms with van der Waals surface area (Å²) in [6.07, 6.45) is 2.27. The van der Waals surface area contributed by atoms with Crippen molar-refractivity contribution in [1.82, 2.24) is 9.97 Å². The number of hydrogen-bond acceptors (Lipinski definition) is 7. The van der Waals surface area contributed by atoms with E-state index < -0.39 is 5.97 Å². The highest BCUT2D eigenvalue weighted by molar-refractivity contribution is 7.17. The summed E-state index contributed by atoms with van der Waals surface area (Å²) < 4.78 is 5.12. The summed E-state index contributed by atoms with van der Waals surface area (Å²) >= 11 is 2.66. The van der Waals surface area contributed by atoms with E-state index in [0.29, 0.717) is 23.0 Å². The molecule has 0 radical (unpaired) electrons. The molecule has 0 aliphatic carbocycles. The van der Waals surface area contributed by atoms with Crippen LogP contribution in [0, 0.1) is 6.92 Å². The Kier molecular flexibility index (Phi) is 7.26. The molecule has 2 aromatic carbocycles. The first-order chi connectivity index (χ1) is 16.1. The lowest BCUT2D eigenvalue weighted by molar-refractivity contribution is 0.0519. The molecule has 4 rings (SSSR count). The second kappa shape index (κ2) is 10.5. The van der Waals surface area contributed by atoms with Gasteiger partial charge in [-0.15, -0.1) is 22.7 Å². The Morgan fingerprint density at radius 2 is 1.70 bits per heavy atom. The number of nitrogens with zero attached hydrogens (tertiary/aromatic N) is 3. The van der Waals surface area contributed by atoms with E-state index in [1.54, 1.807) is 18.0 Å². The van der Waals surface area contributed by atoms with E-state index in [0.717, 1.165) is 21.0 Å². The molecule has 0 atom stereocenters. The number of anilines is 1. The van der Waals surface area contributed by atoms with Gasteiger partial charge in [-0.1, -0.05) is 60.7 Å². The Labute approximate surface area is 200 Å². The minimum atomic E-state index is -0.475. The molecule has 8 heteroatoms. The summed E-state index contributed by atoms with van der Waals surface area (Å²) in [6.45, 7) is 4.26. The third-order valence-corrected chi connectivity index (χ3v) is 6.96. The molecule has 0 fully saturated rings. The Morgan fingerprint density at radius 3 is 2.39 bits per heavy atom. The number of carbonyl (C=O) groups excluding carboxylic acids is 2. The number of thiazole rings is 2. The molecule has 6 nitrogen and oxygen atoms in total. The van der Waals surface area contributed by atoms with Crippen LogP contribution in [-0.4, -0.2) is 35.0 Å². The van der Waals surface area contributed by atoms with Crippen LogP contribution in [0.15, 0.2) is 66.9 Å². The van der Waals surface area contributed by atoms with Gasteiger partial charge in [0.25, 0.3) is 5.91 Å². The van der Waals surface area contributed by atoms with Crippen molar-refractivity contribution in [3.63, 3.8) is 0 Å². The Balaban J connectivity index is 1.64. The lowest BCUT2D eigenvalue weighted by Crippen LogP contribution is -2.32. The maximum absolute atomic E-state index is 13.6. The van der Waals surface area contributed by atoms with Gasteiger partial charge in [-0.05, 0) is 25.8 Å². The van der Waals surface area contributed by atoms with Gasteiger partial charge in [-0.2, -0.15) is 0 Å². The monoisotopic (exact) mass is 477 g/mol. The molecular weight excluding hydrogens is 454 g/mol. The quantitative estimate of drug-likeness (QED) is 0.307. The fourth-order valence-corrected chi connectivity index (χ4v) is 5.07. The summed E-state index contributed by atoms with van der Waals surface area (Å²) in [6, 6.07) is 19.7. The first-order valence-corrected chi connectivity index (χ1v) is 12.2. The number of esters is 1. The minimum Gasteiger partial charge on any atom is -0.461 e. The topological polar surface area (TPSA) is 72.4 Å². The van der Waals surface area contributed by atoms with Crippen molar-refractivity contribution in [3.05, 3.63) is 87.9 Å². The van der Waals surface area contributed by atoms with Gasteiger partial charge < -0.3 is 4.74 Å². The molecule has 168 valence electrons. The fourth-order valence-electron chi connectivity index (χ4n) is 3.28. The average molecular weight is 478 g/mol. The van der Waals surface area contributed by atoms with Gasteiger partial charge in [-0.3, -0.25) is 9.69 Å². The van der Waals surface area contributed by atoms with Gasteiger partial charge in [0.15, 0.2) is 10.8 Å². The van der Waals surface area contributed by atoms with Gasteiger partial charge >= 0.3 is 5.97 Å². The van der Waals surface area contributed by atoms with Crippen molar-refractivity contribution in [2.45, 2.75) is 20.3 Å². The van der Waals surface area contributed by atoms with E-state index in [-0.39, 0.29) is 18.2 Å². The maximum atomic E-state index is 13.6. The average Bonchev–Trinajstić information content (AvgIpc) is 3.48. The predicted octanol–water partition coefficient (Wildman–Crippen LogP) is 5.64. The number of ether oxygens (including phenoxy) is 1. The Bertz CT molecular complexity index is 1240. The summed E-state index contributed by atoms with van der Waals surface area (Å²) in [5, 5.41) is 1.26. The van der Waals surface area contributed by atoms with Gasteiger partial charge in [0, 0.05) is 17.0 Å². The van der Waals surface area contributed by atoms with E-state index >= 15 is 0 Å². The van der Waals surface area contributed by atoms with Gasteiger partial charge in [0.1, 0.15) is 9.88 Å². The molecule has 0 bridgehead atoms. The lowest BCUT2D eigenvalue weighted by atomic mass is 10.1. The molecule has 0 saturated heterocycles. The van der Waals surface area contributed by atoms with Crippen molar-refractivity contribution >= 4 is 39.7 Å². The van der Waals surface area contributed by atoms with Crippen molar-refractivity contribution in [2.75, 3.05) is 18.1 Å². The molecule has 0 unspecified atom stereocenters. The third-order valence-electron chi connectivity index (χ3n) is 4.93. The Morgan fingerprint density at radius 1 is 1.00 bits per heavy atom. The smallest absolute Gasteiger partial charge is 0.358 e. The summed E-state index contributed by atoms with van der Waals surface area (Å²) in [4.78, 5) is 37.7. The number of benzene rings is 2. The zero-order valence-corrected chi connectivity index (χ0v) is 20.0. The molecule has 0 aliphatic heterocycles. The molecule has 0 N–H and O–H groups in total.